The van der Waals surface area contributed by atoms with E-state index in [2.05, 4.69) is 19.7 Å². The van der Waals surface area contributed by atoms with Gasteiger partial charge in [0, 0.05) is 46.3 Å². The van der Waals surface area contributed by atoms with Crippen LogP contribution in [-0.2, 0) is 19.7 Å². The van der Waals surface area contributed by atoms with Crippen LogP contribution >= 0.6 is 24.8 Å². The van der Waals surface area contributed by atoms with Gasteiger partial charge < -0.3 is 15.0 Å². The summed E-state index contributed by atoms with van der Waals surface area (Å²) in [4.78, 5) is 13.3. The Labute approximate surface area is 151 Å². The van der Waals surface area contributed by atoms with Crippen LogP contribution in [-0.4, -0.2) is 83.6 Å². The minimum Gasteiger partial charge on any atom is -0.469 e. The van der Waals surface area contributed by atoms with Gasteiger partial charge in [-0.15, -0.1) is 24.8 Å². The molecular formula is C12H28Cl2N4O4S. The zero-order chi connectivity index (χ0) is 15.7. The molecule has 1 rings (SSSR count). The summed E-state index contributed by atoms with van der Waals surface area (Å²) in [6, 6.07) is 0. The van der Waals surface area contributed by atoms with E-state index in [-0.39, 0.29) is 37.8 Å². The van der Waals surface area contributed by atoms with Crippen molar-refractivity contribution in [3.8, 4) is 0 Å². The molecule has 2 N–H and O–H groups in total. The zero-order valence-corrected chi connectivity index (χ0v) is 16.1. The fourth-order valence-corrected chi connectivity index (χ4v) is 2.97. The monoisotopic (exact) mass is 394 g/mol. The first-order chi connectivity index (χ1) is 9.95. The van der Waals surface area contributed by atoms with Gasteiger partial charge in [0.1, 0.15) is 0 Å². The van der Waals surface area contributed by atoms with Gasteiger partial charge in [0.2, 0.25) is 0 Å². The molecule has 8 nitrogen and oxygen atoms in total. The molecule has 0 bridgehead atoms. The van der Waals surface area contributed by atoms with Gasteiger partial charge in [-0.25, -0.2) is 4.72 Å². The first-order valence-corrected chi connectivity index (χ1v) is 8.60. The second-order valence-electron chi connectivity index (χ2n) is 4.99. The standard InChI is InChI=1S/C12H26N4O4S.2ClH/c1-15(9-4-12(17)20-2)21(18,19)14-5-3-8-16-10-6-13-7-11-16;;/h13-14H,3-11H2,1-2H3;2*1H. The summed E-state index contributed by atoms with van der Waals surface area (Å²) in [6.45, 7) is 5.38. The number of esters is 1. The number of hydrogen-bond acceptors (Lipinski definition) is 6. The highest BCUT2D eigenvalue weighted by molar-refractivity contribution is 7.87. The lowest BCUT2D eigenvalue weighted by molar-refractivity contribution is -0.140. The summed E-state index contributed by atoms with van der Waals surface area (Å²) in [7, 11) is -0.793. The van der Waals surface area contributed by atoms with Crippen molar-refractivity contribution in [2.24, 2.45) is 0 Å². The number of nitrogens with one attached hydrogen (secondary N) is 2. The van der Waals surface area contributed by atoms with Gasteiger partial charge in [-0.2, -0.15) is 12.7 Å². The number of carbonyl (C=O) groups is 1. The maximum atomic E-state index is 11.9. The Balaban J connectivity index is 0. The molecule has 0 spiro atoms. The fraction of sp³-hybridized carbons (Fsp3) is 0.917. The number of piperazine rings is 1. The summed E-state index contributed by atoms with van der Waals surface area (Å²) in [5, 5.41) is 3.27. The number of hydrogen-bond donors (Lipinski definition) is 2. The van der Waals surface area contributed by atoms with Gasteiger partial charge in [0.15, 0.2) is 0 Å². The van der Waals surface area contributed by atoms with Crippen molar-refractivity contribution >= 4 is 41.0 Å². The van der Waals surface area contributed by atoms with Gasteiger partial charge in [0.25, 0.3) is 10.2 Å². The maximum Gasteiger partial charge on any atom is 0.306 e. The van der Waals surface area contributed by atoms with E-state index in [1.54, 1.807) is 0 Å². The molecule has 0 atom stereocenters. The number of ether oxygens (including phenoxy) is 1. The molecule has 1 fully saturated rings. The predicted octanol–water partition coefficient (Wildman–Crippen LogP) is -0.545. The Morgan fingerprint density at radius 2 is 1.91 bits per heavy atom. The van der Waals surface area contributed by atoms with Crippen LogP contribution in [0.2, 0.25) is 0 Å². The van der Waals surface area contributed by atoms with Crippen LogP contribution in [0.5, 0.6) is 0 Å². The minimum absolute atomic E-state index is 0. The van der Waals surface area contributed by atoms with Crippen molar-refractivity contribution in [2.45, 2.75) is 12.8 Å². The summed E-state index contributed by atoms with van der Waals surface area (Å²) in [5.41, 5.74) is 0. The summed E-state index contributed by atoms with van der Waals surface area (Å²) < 4.78 is 32.0. The lowest BCUT2D eigenvalue weighted by atomic mass is 10.3. The quantitative estimate of drug-likeness (QED) is 0.402. The third-order valence-corrected chi connectivity index (χ3v) is 4.99. The van der Waals surface area contributed by atoms with Crippen LogP contribution in [0.15, 0.2) is 0 Å². The topological polar surface area (TPSA) is 91.0 Å². The highest BCUT2D eigenvalue weighted by Gasteiger charge is 2.18. The molecule has 0 aliphatic carbocycles. The van der Waals surface area contributed by atoms with Gasteiger partial charge in [-0.1, -0.05) is 0 Å². The molecule has 0 aromatic heterocycles. The van der Waals surface area contributed by atoms with Crippen molar-refractivity contribution in [1.29, 1.82) is 0 Å². The highest BCUT2D eigenvalue weighted by Crippen LogP contribution is 1.98. The van der Waals surface area contributed by atoms with Crippen LogP contribution in [0.1, 0.15) is 12.8 Å². The Morgan fingerprint density at radius 1 is 1.30 bits per heavy atom. The third kappa shape index (κ3) is 10.3. The first-order valence-electron chi connectivity index (χ1n) is 7.16. The Bertz CT molecular complexity index is 419. The lowest BCUT2D eigenvalue weighted by Gasteiger charge is -2.27. The molecule has 1 aliphatic rings. The molecule has 1 aliphatic heterocycles. The molecule has 0 amide bonds. The highest BCUT2D eigenvalue weighted by atomic mass is 35.5. The number of methoxy groups -OCH3 is 1. The molecular weight excluding hydrogens is 367 g/mol. The minimum atomic E-state index is -3.52. The predicted molar refractivity (Wildman–Crippen MR) is 94.6 cm³/mol. The van der Waals surface area contributed by atoms with E-state index in [1.165, 1.54) is 14.2 Å². The number of halogens is 2. The number of rotatable bonds is 9. The van der Waals surface area contributed by atoms with Gasteiger partial charge in [-0.05, 0) is 13.0 Å². The Morgan fingerprint density at radius 3 is 2.48 bits per heavy atom. The first kappa shape index (κ1) is 25.1. The van der Waals surface area contributed by atoms with Crippen molar-refractivity contribution in [3.63, 3.8) is 0 Å². The molecule has 0 radical (unpaired) electrons. The molecule has 23 heavy (non-hydrogen) atoms. The molecule has 0 unspecified atom stereocenters. The molecule has 11 heteroatoms. The fourth-order valence-electron chi connectivity index (χ4n) is 2.02. The average molecular weight is 395 g/mol. The molecule has 140 valence electrons. The summed E-state index contributed by atoms with van der Waals surface area (Å²) in [6.07, 6.45) is 0.818. The van der Waals surface area contributed by atoms with Gasteiger partial charge in [-0.3, -0.25) is 4.79 Å². The van der Waals surface area contributed by atoms with Crippen LogP contribution in [0.3, 0.4) is 0 Å². The van der Waals surface area contributed by atoms with E-state index in [4.69, 9.17) is 0 Å². The van der Waals surface area contributed by atoms with Crippen LogP contribution in [0.4, 0.5) is 0 Å². The van der Waals surface area contributed by atoms with E-state index in [0.717, 1.165) is 43.4 Å². The molecule has 0 saturated carbocycles. The van der Waals surface area contributed by atoms with Crippen molar-refractivity contribution in [2.75, 3.05) is 60.0 Å². The second-order valence-corrected chi connectivity index (χ2v) is 6.85. The lowest BCUT2D eigenvalue weighted by Crippen LogP contribution is -2.45. The second kappa shape index (κ2) is 13.2. The van der Waals surface area contributed by atoms with E-state index in [0.29, 0.717) is 6.54 Å². The van der Waals surface area contributed by atoms with E-state index < -0.39 is 16.2 Å². The van der Waals surface area contributed by atoms with Crippen molar-refractivity contribution in [1.82, 2.24) is 19.2 Å². The third-order valence-electron chi connectivity index (χ3n) is 3.41. The zero-order valence-electron chi connectivity index (χ0n) is 13.6. The van der Waals surface area contributed by atoms with Crippen LogP contribution in [0.25, 0.3) is 0 Å². The van der Waals surface area contributed by atoms with E-state index >= 15 is 0 Å². The summed E-state index contributed by atoms with van der Waals surface area (Å²) in [5.74, 6) is -0.421. The van der Waals surface area contributed by atoms with Gasteiger partial charge in [0.05, 0.1) is 13.5 Å². The molecule has 1 saturated heterocycles. The van der Waals surface area contributed by atoms with Gasteiger partial charge >= 0.3 is 5.97 Å². The average Bonchev–Trinajstić information content (AvgIpc) is 2.49. The maximum absolute atomic E-state index is 11.9. The number of carbonyl (C=O) groups excluding carboxylic acids is 1. The Hall–Kier alpha value is -0.160. The smallest absolute Gasteiger partial charge is 0.306 e. The van der Waals surface area contributed by atoms with Crippen molar-refractivity contribution < 1.29 is 17.9 Å². The molecule has 0 aromatic rings. The van der Waals surface area contributed by atoms with E-state index in [9.17, 15) is 13.2 Å². The normalized spacial score (nSPS) is 15.6. The largest absolute Gasteiger partial charge is 0.469 e. The van der Waals surface area contributed by atoms with E-state index in [1.807, 2.05) is 0 Å². The SMILES string of the molecule is COC(=O)CCN(C)S(=O)(=O)NCCCN1CCNCC1.Cl.Cl. The molecule has 1 heterocycles. The van der Waals surface area contributed by atoms with Crippen molar-refractivity contribution in [3.05, 3.63) is 0 Å². The summed E-state index contributed by atoms with van der Waals surface area (Å²) >= 11 is 0. The Kier molecular flexibility index (Phi) is 14.4. The molecule has 0 aromatic carbocycles. The van der Waals surface area contributed by atoms with Crippen LogP contribution < -0.4 is 10.0 Å². The number of nitrogens with zero attached hydrogens (tertiary/aromatic N) is 2. The van der Waals surface area contributed by atoms with Crippen LogP contribution in [0, 0.1) is 0 Å².